The van der Waals surface area contributed by atoms with Crippen LogP contribution in [0, 0.1) is 0 Å². The summed E-state index contributed by atoms with van der Waals surface area (Å²) in [6, 6.07) is 9.28. The van der Waals surface area contributed by atoms with Crippen molar-refractivity contribution in [2.24, 2.45) is 5.73 Å². The molecule has 1 atom stereocenters. The highest BCUT2D eigenvalue weighted by molar-refractivity contribution is 5.27. The van der Waals surface area contributed by atoms with Crippen LogP contribution < -0.4 is 5.73 Å². The van der Waals surface area contributed by atoms with Crippen molar-refractivity contribution in [1.82, 2.24) is 9.80 Å². The van der Waals surface area contributed by atoms with Crippen molar-refractivity contribution in [3.8, 4) is 0 Å². The smallest absolute Gasteiger partial charge is 0.0217 e. The molecule has 1 heterocycles. The highest BCUT2D eigenvalue weighted by atomic mass is 15.2. The molecule has 0 aromatic heterocycles. The first-order valence-corrected chi connectivity index (χ1v) is 7.36. The molecule has 0 aliphatic carbocycles. The summed E-state index contributed by atoms with van der Waals surface area (Å²) >= 11 is 0. The van der Waals surface area contributed by atoms with E-state index in [-0.39, 0.29) is 0 Å². The molecule has 1 aliphatic rings. The van der Waals surface area contributed by atoms with Crippen LogP contribution in [-0.2, 0) is 13.0 Å². The van der Waals surface area contributed by atoms with Gasteiger partial charge in [-0.3, -0.25) is 0 Å². The molecule has 1 aromatic rings. The predicted octanol–water partition coefficient (Wildman–Crippen LogP) is 1.71. The zero-order chi connectivity index (χ0) is 13.7. The third-order valence-corrected chi connectivity index (χ3v) is 4.25. The molecule has 0 saturated carbocycles. The van der Waals surface area contributed by atoms with Gasteiger partial charge in [0.05, 0.1) is 0 Å². The Balaban J connectivity index is 1.88. The van der Waals surface area contributed by atoms with Crippen molar-refractivity contribution >= 4 is 0 Å². The van der Waals surface area contributed by atoms with Gasteiger partial charge in [0.25, 0.3) is 0 Å². The number of benzene rings is 1. The Bertz CT molecular complexity index is 389. The SMILES string of the molecule is CN(C)C1CCCN(CCc2ccccc2CN)C1. The number of nitrogens with zero attached hydrogens (tertiary/aromatic N) is 2. The second kappa shape index (κ2) is 7.04. The second-order valence-electron chi connectivity index (χ2n) is 5.78. The molecule has 3 nitrogen and oxygen atoms in total. The monoisotopic (exact) mass is 261 g/mol. The Labute approximate surface area is 117 Å². The number of rotatable bonds is 5. The topological polar surface area (TPSA) is 32.5 Å². The highest BCUT2D eigenvalue weighted by Crippen LogP contribution is 2.15. The first-order chi connectivity index (χ1) is 9.20. The van der Waals surface area contributed by atoms with Gasteiger partial charge in [-0.15, -0.1) is 0 Å². The van der Waals surface area contributed by atoms with E-state index in [0.29, 0.717) is 6.54 Å². The third-order valence-electron chi connectivity index (χ3n) is 4.25. The first kappa shape index (κ1) is 14.5. The summed E-state index contributed by atoms with van der Waals surface area (Å²) in [5, 5.41) is 0. The normalized spacial score (nSPS) is 20.9. The van der Waals surface area contributed by atoms with Crippen molar-refractivity contribution in [3.05, 3.63) is 35.4 Å². The lowest BCUT2D eigenvalue weighted by Crippen LogP contribution is -2.45. The molecule has 1 aromatic carbocycles. The summed E-state index contributed by atoms with van der Waals surface area (Å²) in [5.41, 5.74) is 8.51. The molecule has 0 bridgehead atoms. The van der Waals surface area contributed by atoms with E-state index < -0.39 is 0 Å². The maximum absolute atomic E-state index is 5.80. The zero-order valence-corrected chi connectivity index (χ0v) is 12.3. The summed E-state index contributed by atoms with van der Waals surface area (Å²) in [6.07, 6.45) is 3.78. The average molecular weight is 261 g/mol. The molecule has 1 saturated heterocycles. The number of likely N-dealkylation sites (N-methyl/N-ethyl adjacent to an activating group) is 1. The van der Waals surface area contributed by atoms with E-state index in [1.807, 2.05) is 0 Å². The van der Waals surface area contributed by atoms with Crippen LogP contribution in [0.3, 0.4) is 0 Å². The number of likely N-dealkylation sites (tertiary alicyclic amines) is 1. The number of hydrogen-bond donors (Lipinski definition) is 1. The summed E-state index contributed by atoms with van der Waals surface area (Å²) in [4.78, 5) is 4.96. The summed E-state index contributed by atoms with van der Waals surface area (Å²) in [6.45, 7) is 4.25. The molecule has 1 unspecified atom stereocenters. The number of hydrogen-bond acceptors (Lipinski definition) is 3. The van der Waals surface area contributed by atoms with Crippen LogP contribution in [0.5, 0.6) is 0 Å². The number of nitrogens with two attached hydrogens (primary N) is 1. The lowest BCUT2D eigenvalue weighted by molar-refractivity contribution is 0.134. The van der Waals surface area contributed by atoms with Gasteiger partial charge in [0.1, 0.15) is 0 Å². The van der Waals surface area contributed by atoms with E-state index in [1.54, 1.807) is 0 Å². The van der Waals surface area contributed by atoms with Gasteiger partial charge in [0.2, 0.25) is 0 Å². The summed E-state index contributed by atoms with van der Waals surface area (Å²) in [7, 11) is 4.38. The summed E-state index contributed by atoms with van der Waals surface area (Å²) in [5.74, 6) is 0. The van der Waals surface area contributed by atoms with Crippen LogP contribution in [0.15, 0.2) is 24.3 Å². The highest BCUT2D eigenvalue weighted by Gasteiger charge is 2.20. The van der Waals surface area contributed by atoms with Gasteiger partial charge >= 0.3 is 0 Å². The van der Waals surface area contributed by atoms with Crippen molar-refractivity contribution < 1.29 is 0 Å². The Morgan fingerprint density at radius 3 is 2.68 bits per heavy atom. The fourth-order valence-electron chi connectivity index (χ4n) is 2.93. The Morgan fingerprint density at radius 2 is 2.00 bits per heavy atom. The Kier molecular flexibility index (Phi) is 5.37. The lowest BCUT2D eigenvalue weighted by Gasteiger charge is -2.36. The molecule has 2 rings (SSSR count). The molecule has 0 spiro atoms. The maximum atomic E-state index is 5.80. The van der Waals surface area contributed by atoms with E-state index in [2.05, 4.69) is 48.2 Å². The van der Waals surface area contributed by atoms with Crippen molar-refractivity contribution in [1.29, 1.82) is 0 Å². The van der Waals surface area contributed by atoms with Crippen LogP contribution >= 0.6 is 0 Å². The molecular weight excluding hydrogens is 234 g/mol. The molecule has 2 N–H and O–H groups in total. The third kappa shape index (κ3) is 4.03. The largest absolute Gasteiger partial charge is 0.326 e. The van der Waals surface area contributed by atoms with Crippen molar-refractivity contribution in [2.45, 2.75) is 31.8 Å². The van der Waals surface area contributed by atoms with Gasteiger partial charge in [-0.1, -0.05) is 24.3 Å². The van der Waals surface area contributed by atoms with E-state index in [0.717, 1.165) is 19.0 Å². The van der Waals surface area contributed by atoms with Gasteiger partial charge in [-0.05, 0) is 51.0 Å². The predicted molar refractivity (Wildman–Crippen MR) is 81.2 cm³/mol. The van der Waals surface area contributed by atoms with Crippen LogP contribution in [0.4, 0.5) is 0 Å². The molecular formula is C16H27N3. The standard InChI is InChI=1S/C16H27N3/c1-18(2)16-8-5-10-19(13-16)11-9-14-6-3-4-7-15(14)12-17/h3-4,6-7,16H,5,8-13,17H2,1-2H3. The molecule has 19 heavy (non-hydrogen) atoms. The van der Waals surface area contributed by atoms with E-state index in [1.165, 1.54) is 37.1 Å². The first-order valence-electron chi connectivity index (χ1n) is 7.36. The average Bonchev–Trinajstić information content (AvgIpc) is 2.45. The minimum Gasteiger partial charge on any atom is -0.326 e. The summed E-state index contributed by atoms with van der Waals surface area (Å²) < 4.78 is 0. The van der Waals surface area contributed by atoms with Crippen LogP contribution in [-0.4, -0.2) is 49.6 Å². The maximum Gasteiger partial charge on any atom is 0.0217 e. The van der Waals surface area contributed by atoms with E-state index >= 15 is 0 Å². The van der Waals surface area contributed by atoms with Crippen molar-refractivity contribution in [3.63, 3.8) is 0 Å². The van der Waals surface area contributed by atoms with Crippen LogP contribution in [0.1, 0.15) is 24.0 Å². The molecule has 1 fully saturated rings. The van der Waals surface area contributed by atoms with Gasteiger partial charge in [0.15, 0.2) is 0 Å². The molecule has 106 valence electrons. The molecule has 0 radical (unpaired) electrons. The molecule has 0 amide bonds. The fraction of sp³-hybridized carbons (Fsp3) is 0.625. The van der Waals surface area contributed by atoms with Gasteiger partial charge in [0, 0.05) is 25.7 Å². The van der Waals surface area contributed by atoms with E-state index in [4.69, 9.17) is 5.73 Å². The molecule has 1 aliphatic heterocycles. The van der Waals surface area contributed by atoms with E-state index in [9.17, 15) is 0 Å². The van der Waals surface area contributed by atoms with Gasteiger partial charge in [-0.25, -0.2) is 0 Å². The quantitative estimate of drug-likeness (QED) is 0.876. The minimum atomic E-state index is 0.649. The Hall–Kier alpha value is -0.900. The fourth-order valence-corrected chi connectivity index (χ4v) is 2.93. The zero-order valence-electron chi connectivity index (χ0n) is 12.3. The second-order valence-corrected chi connectivity index (χ2v) is 5.78. The van der Waals surface area contributed by atoms with Crippen molar-refractivity contribution in [2.75, 3.05) is 33.7 Å². The Morgan fingerprint density at radius 1 is 1.26 bits per heavy atom. The minimum absolute atomic E-state index is 0.649. The van der Waals surface area contributed by atoms with Gasteiger partial charge < -0.3 is 15.5 Å². The van der Waals surface area contributed by atoms with Crippen LogP contribution in [0.2, 0.25) is 0 Å². The van der Waals surface area contributed by atoms with Gasteiger partial charge in [-0.2, -0.15) is 0 Å². The number of piperidine rings is 1. The lowest BCUT2D eigenvalue weighted by atomic mass is 10.0. The molecule has 3 heteroatoms. The van der Waals surface area contributed by atoms with Crippen LogP contribution in [0.25, 0.3) is 0 Å².